The monoisotopic (exact) mass is 314 g/mol. The Morgan fingerprint density at radius 2 is 2.00 bits per heavy atom. The van der Waals surface area contributed by atoms with E-state index < -0.39 is 5.82 Å². The van der Waals surface area contributed by atoms with E-state index in [0.29, 0.717) is 16.1 Å². The fraction of sp³-hybridized carbons (Fsp3) is 0.0769. The second kappa shape index (κ2) is 5.52. The van der Waals surface area contributed by atoms with Crippen LogP contribution < -0.4 is 4.74 Å². The van der Waals surface area contributed by atoms with Gasteiger partial charge in [0.1, 0.15) is 5.75 Å². The summed E-state index contributed by atoms with van der Waals surface area (Å²) in [6, 6.07) is 11.6. The first kappa shape index (κ1) is 12.4. The summed E-state index contributed by atoms with van der Waals surface area (Å²) in [6.07, 6.45) is 0. The van der Waals surface area contributed by atoms with Crippen LogP contribution >= 0.6 is 27.5 Å². The number of hydrogen-bond acceptors (Lipinski definition) is 1. The van der Waals surface area contributed by atoms with Crippen molar-refractivity contribution in [2.24, 2.45) is 0 Å². The van der Waals surface area contributed by atoms with Gasteiger partial charge in [0.25, 0.3) is 0 Å². The lowest BCUT2D eigenvalue weighted by atomic mass is 10.2. The van der Waals surface area contributed by atoms with E-state index in [-0.39, 0.29) is 5.75 Å². The highest BCUT2D eigenvalue weighted by molar-refractivity contribution is 9.08. The van der Waals surface area contributed by atoms with Gasteiger partial charge in [-0.25, -0.2) is 4.39 Å². The van der Waals surface area contributed by atoms with Gasteiger partial charge in [0.15, 0.2) is 11.6 Å². The maximum absolute atomic E-state index is 13.5. The summed E-state index contributed by atoms with van der Waals surface area (Å²) in [4.78, 5) is 0. The molecule has 0 aromatic heterocycles. The Labute approximate surface area is 112 Å². The average Bonchev–Trinajstić information content (AvgIpc) is 2.32. The third kappa shape index (κ3) is 3.20. The highest BCUT2D eigenvalue weighted by Crippen LogP contribution is 2.27. The normalized spacial score (nSPS) is 10.3. The highest BCUT2D eigenvalue weighted by atomic mass is 79.9. The molecule has 0 unspecified atom stereocenters. The van der Waals surface area contributed by atoms with Crippen LogP contribution in [0.2, 0.25) is 5.02 Å². The third-order valence-electron chi connectivity index (χ3n) is 2.17. The van der Waals surface area contributed by atoms with Gasteiger partial charge in [0.2, 0.25) is 0 Å². The maximum Gasteiger partial charge on any atom is 0.165 e. The summed E-state index contributed by atoms with van der Waals surface area (Å²) in [5.74, 6) is 0.321. The smallest absolute Gasteiger partial charge is 0.165 e. The lowest BCUT2D eigenvalue weighted by Gasteiger charge is -2.08. The summed E-state index contributed by atoms with van der Waals surface area (Å²) >= 11 is 9.14. The number of benzene rings is 2. The number of alkyl halides is 1. The summed E-state index contributed by atoms with van der Waals surface area (Å²) in [6.45, 7) is 0. The Hall–Kier alpha value is -1.06. The molecule has 2 rings (SSSR count). The van der Waals surface area contributed by atoms with Crippen LogP contribution in [0, 0.1) is 5.82 Å². The van der Waals surface area contributed by atoms with E-state index in [4.69, 9.17) is 16.3 Å². The van der Waals surface area contributed by atoms with E-state index in [1.165, 1.54) is 6.07 Å². The number of hydrogen-bond donors (Lipinski definition) is 0. The lowest BCUT2D eigenvalue weighted by molar-refractivity contribution is 0.442. The Balaban J connectivity index is 2.29. The average molecular weight is 316 g/mol. The van der Waals surface area contributed by atoms with Crippen molar-refractivity contribution in [2.45, 2.75) is 5.33 Å². The minimum Gasteiger partial charge on any atom is -0.454 e. The van der Waals surface area contributed by atoms with Crippen molar-refractivity contribution in [1.82, 2.24) is 0 Å². The quantitative estimate of drug-likeness (QED) is 0.710. The van der Waals surface area contributed by atoms with Gasteiger partial charge < -0.3 is 4.74 Å². The minimum atomic E-state index is -0.394. The van der Waals surface area contributed by atoms with Crippen molar-refractivity contribution in [3.8, 4) is 11.5 Å². The molecule has 0 saturated carbocycles. The molecule has 0 atom stereocenters. The van der Waals surface area contributed by atoms with Crippen LogP contribution in [0.15, 0.2) is 42.5 Å². The summed E-state index contributed by atoms with van der Waals surface area (Å²) in [5, 5.41) is 1.21. The van der Waals surface area contributed by atoms with Crippen LogP contribution in [0.5, 0.6) is 11.5 Å². The molecule has 17 heavy (non-hydrogen) atoms. The van der Waals surface area contributed by atoms with Crippen molar-refractivity contribution in [1.29, 1.82) is 0 Å². The molecule has 0 aliphatic rings. The lowest BCUT2D eigenvalue weighted by Crippen LogP contribution is -1.90. The molecule has 0 radical (unpaired) electrons. The first-order chi connectivity index (χ1) is 8.19. The van der Waals surface area contributed by atoms with E-state index in [1.807, 2.05) is 0 Å². The zero-order chi connectivity index (χ0) is 12.3. The van der Waals surface area contributed by atoms with Crippen molar-refractivity contribution in [3.05, 3.63) is 58.9 Å². The second-order valence-corrected chi connectivity index (χ2v) is 4.46. The molecule has 0 bridgehead atoms. The Morgan fingerprint density at radius 1 is 1.18 bits per heavy atom. The van der Waals surface area contributed by atoms with Crippen molar-refractivity contribution >= 4 is 27.5 Å². The molecule has 0 fully saturated rings. The van der Waals surface area contributed by atoms with Crippen LogP contribution in [0.4, 0.5) is 4.39 Å². The van der Waals surface area contributed by atoms with Crippen molar-refractivity contribution < 1.29 is 9.13 Å². The fourth-order valence-corrected chi connectivity index (χ4v) is 1.90. The van der Waals surface area contributed by atoms with Crippen molar-refractivity contribution in [2.75, 3.05) is 0 Å². The molecule has 2 aromatic carbocycles. The molecule has 0 aliphatic heterocycles. The minimum absolute atomic E-state index is 0.198. The van der Waals surface area contributed by atoms with Gasteiger partial charge in [-0.15, -0.1) is 0 Å². The fourth-order valence-electron chi connectivity index (χ4n) is 1.37. The molecular formula is C13H9BrClFO. The predicted octanol–water partition coefficient (Wildman–Crippen LogP) is 5.17. The Bertz CT molecular complexity index is 531. The second-order valence-electron chi connectivity index (χ2n) is 3.46. The van der Waals surface area contributed by atoms with E-state index in [2.05, 4.69) is 15.9 Å². The van der Waals surface area contributed by atoms with Gasteiger partial charge in [-0.3, -0.25) is 0 Å². The number of halogens is 3. The number of rotatable bonds is 3. The number of ether oxygens (including phenoxy) is 1. The molecule has 0 spiro atoms. The highest BCUT2D eigenvalue weighted by Gasteiger charge is 2.06. The SMILES string of the molecule is Fc1ccc(CBr)cc1Oc1cccc(Cl)c1. The van der Waals surface area contributed by atoms with Crippen LogP contribution in [-0.4, -0.2) is 0 Å². The van der Waals surface area contributed by atoms with E-state index in [9.17, 15) is 4.39 Å². The topological polar surface area (TPSA) is 9.23 Å². The molecule has 0 amide bonds. The van der Waals surface area contributed by atoms with Crippen LogP contribution in [0.3, 0.4) is 0 Å². The molecule has 88 valence electrons. The van der Waals surface area contributed by atoms with Gasteiger partial charge in [-0.1, -0.05) is 39.7 Å². The predicted molar refractivity (Wildman–Crippen MR) is 70.6 cm³/mol. The van der Waals surface area contributed by atoms with Gasteiger partial charge in [-0.2, -0.15) is 0 Å². The van der Waals surface area contributed by atoms with Gasteiger partial charge in [0.05, 0.1) is 0 Å². The van der Waals surface area contributed by atoms with Gasteiger partial charge in [-0.05, 0) is 35.9 Å². The first-order valence-electron chi connectivity index (χ1n) is 4.97. The third-order valence-corrected chi connectivity index (χ3v) is 3.06. The standard InChI is InChI=1S/C13H9BrClFO/c14-8-9-4-5-12(16)13(6-9)17-11-3-1-2-10(15)7-11/h1-7H,8H2. The Morgan fingerprint density at radius 3 is 2.71 bits per heavy atom. The molecule has 4 heteroatoms. The first-order valence-corrected chi connectivity index (χ1v) is 6.47. The summed E-state index contributed by atoms with van der Waals surface area (Å²) < 4.78 is 19.0. The molecule has 0 N–H and O–H groups in total. The summed E-state index contributed by atoms with van der Waals surface area (Å²) in [5.41, 5.74) is 0.948. The zero-order valence-corrected chi connectivity index (χ0v) is 11.1. The van der Waals surface area contributed by atoms with Crippen LogP contribution in [0.1, 0.15) is 5.56 Å². The molecule has 1 nitrogen and oxygen atoms in total. The molecule has 0 saturated heterocycles. The molecule has 2 aromatic rings. The van der Waals surface area contributed by atoms with E-state index in [1.54, 1.807) is 36.4 Å². The van der Waals surface area contributed by atoms with E-state index >= 15 is 0 Å². The molecular weight excluding hydrogens is 306 g/mol. The van der Waals surface area contributed by atoms with Gasteiger partial charge >= 0.3 is 0 Å². The van der Waals surface area contributed by atoms with Crippen LogP contribution in [0.25, 0.3) is 0 Å². The molecule has 0 heterocycles. The maximum atomic E-state index is 13.5. The van der Waals surface area contributed by atoms with Crippen LogP contribution in [-0.2, 0) is 5.33 Å². The van der Waals surface area contributed by atoms with Gasteiger partial charge in [0, 0.05) is 10.4 Å². The molecule has 0 aliphatic carbocycles. The zero-order valence-electron chi connectivity index (χ0n) is 8.79. The largest absolute Gasteiger partial charge is 0.454 e. The Kier molecular flexibility index (Phi) is 4.02. The van der Waals surface area contributed by atoms with E-state index in [0.717, 1.165) is 5.56 Å². The van der Waals surface area contributed by atoms with Crippen molar-refractivity contribution in [3.63, 3.8) is 0 Å². The summed E-state index contributed by atoms with van der Waals surface area (Å²) in [7, 11) is 0.